The van der Waals surface area contributed by atoms with E-state index in [1.165, 1.54) is 12.1 Å². The van der Waals surface area contributed by atoms with E-state index >= 15 is 0 Å². The monoisotopic (exact) mass is 374 g/mol. The quantitative estimate of drug-likeness (QED) is 0.788. The zero-order chi connectivity index (χ0) is 18.4. The zero-order valence-corrected chi connectivity index (χ0v) is 15.6. The standard InChI is InChI=1S/C20H23FN2O2S/c1-26-19-5-3-2-4-17(19)20(24)22-14-18(23-10-12-25-13-11-23)15-6-8-16(21)9-7-15/h2-9,18H,10-14H2,1H3,(H,22,24)/t18-/m1/s1. The number of morpholine rings is 1. The van der Waals surface area contributed by atoms with Crippen molar-refractivity contribution in [3.05, 3.63) is 65.5 Å². The Balaban J connectivity index is 1.75. The molecule has 26 heavy (non-hydrogen) atoms. The number of hydrogen-bond acceptors (Lipinski definition) is 4. The van der Waals surface area contributed by atoms with Crippen molar-refractivity contribution < 1.29 is 13.9 Å². The summed E-state index contributed by atoms with van der Waals surface area (Å²) in [6, 6.07) is 14.1. The fourth-order valence-corrected chi connectivity index (χ4v) is 3.74. The van der Waals surface area contributed by atoms with Gasteiger partial charge in [-0.05, 0) is 36.1 Å². The fourth-order valence-electron chi connectivity index (χ4n) is 3.15. The van der Waals surface area contributed by atoms with E-state index in [2.05, 4.69) is 10.2 Å². The molecule has 1 N–H and O–H groups in total. The van der Waals surface area contributed by atoms with Gasteiger partial charge < -0.3 is 10.1 Å². The molecule has 4 nitrogen and oxygen atoms in total. The van der Waals surface area contributed by atoms with Crippen LogP contribution in [0.2, 0.25) is 0 Å². The Morgan fingerprint density at radius 1 is 1.19 bits per heavy atom. The maximum Gasteiger partial charge on any atom is 0.252 e. The average Bonchev–Trinajstić information content (AvgIpc) is 2.70. The summed E-state index contributed by atoms with van der Waals surface area (Å²) < 4.78 is 18.7. The van der Waals surface area contributed by atoms with Gasteiger partial charge in [-0.2, -0.15) is 0 Å². The average molecular weight is 374 g/mol. The second-order valence-electron chi connectivity index (χ2n) is 6.13. The Labute approximate surface area is 157 Å². The van der Waals surface area contributed by atoms with E-state index in [0.717, 1.165) is 23.5 Å². The number of hydrogen-bond donors (Lipinski definition) is 1. The number of benzene rings is 2. The van der Waals surface area contributed by atoms with Gasteiger partial charge in [0.1, 0.15) is 5.82 Å². The normalized spacial score (nSPS) is 16.2. The summed E-state index contributed by atoms with van der Waals surface area (Å²) in [6.07, 6.45) is 1.96. The maximum absolute atomic E-state index is 13.3. The van der Waals surface area contributed by atoms with Crippen molar-refractivity contribution in [3.63, 3.8) is 0 Å². The molecule has 1 aliphatic heterocycles. The highest BCUT2D eigenvalue weighted by Gasteiger charge is 2.23. The minimum absolute atomic E-state index is 0.00936. The second-order valence-corrected chi connectivity index (χ2v) is 6.97. The van der Waals surface area contributed by atoms with Crippen LogP contribution in [-0.4, -0.2) is 49.9 Å². The third-order valence-corrected chi connectivity index (χ3v) is 5.34. The van der Waals surface area contributed by atoms with Gasteiger partial charge in [0, 0.05) is 24.5 Å². The Morgan fingerprint density at radius 3 is 2.58 bits per heavy atom. The Kier molecular flexibility index (Phi) is 6.66. The maximum atomic E-state index is 13.3. The van der Waals surface area contributed by atoms with Crippen LogP contribution in [0, 0.1) is 5.82 Å². The van der Waals surface area contributed by atoms with E-state index in [-0.39, 0.29) is 17.8 Å². The lowest BCUT2D eigenvalue weighted by Gasteiger charge is -2.35. The highest BCUT2D eigenvalue weighted by molar-refractivity contribution is 7.98. The van der Waals surface area contributed by atoms with Crippen molar-refractivity contribution in [3.8, 4) is 0 Å². The molecule has 2 aromatic rings. The molecular weight excluding hydrogens is 351 g/mol. The van der Waals surface area contributed by atoms with E-state index in [0.29, 0.717) is 25.3 Å². The lowest BCUT2D eigenvalue weighted by atomic mass is 10.0. The lowest BCUT2D eigenvalue weighted by Crippen LogP contribution is -2.43. The van der Waals surface area contributed by atoms with E-state index in [1.54, 1.807) is 23.9 Å². The minimum atomic E-state index is -0.257. The summed E-state index contributed by atoms with van der Waals surface area (Å²) in [5.41, 5.74) is 1.67. The molecule has 0 radical (unpaired) electrons. The summed E-state index contributed by atoms with van der Waals surface area (Å²) in [7, 11) is 0. The van der Waals surface area contributed by atoms with Crippen molar-refractivity contribution in [2.45, 2.75) is 10.9 Å². The molecule has 3 rings (SSSR count). The van der Waals surface area contributed by atoms with Crippen molar-refractivity contribution in [1.82, 2.24) is 10.2 Å². The molecule has 138 valence electrons. The first kappa shape index (κ1) is 18.9. The molecule has 1 fully saturated rings. The highest BCUT2D eigenvalue weighted by atomic mass is 32.2. The largest absolute Gasteiger partial charge is 0.379 e. The number of carbonyl (C=O) groups is 1. The molecule has 2 aromatic carbocycles. The smallest absolute Gasteiger partial charge is 0.252 e. The van der Waals surface area contributed by atoms with Gasteiger partial charge in [-0.25, -0.2) is 4.39 Å². The van der Waals surface area contributed by atoms with Gasteiger partial charge in [0.05, 0.1) is 24.8 Å². The highest BCUT2D eigenvalue weighted by Crippen LogP contribution is 2.23. The summed E-state index contributed by atoms with van der Waals surface area (Å²) in [5.74, 6) is -0.345. The first-order chi connectivity index (χ1) is 12.7. The number of amides is 1. The van der Waals surface area contributed by atoms with Gasteiger partial charge >= 0.3 is 0 Å². The van der Waals surface area contributed by atoms with E-state index in [1.807, 2.05) is 30.5 Å². The summed E-state index contributed by atoms with van der Waals surface area (Å²) in [4.78, 5) is 15.9. The van der Waals surface area contributed by atoms with Crippen LogP contribution in [0.5, 0.6) is 0 Å². The second kappa shape index (κ2) is 9.16. The lowest BCUT2D eigenvalue weighted by molar-refractivity contribution is 0.0162. The van der Waals surface area contributed by atoms with E-state index in [4.69, 9.17) is 4.74 Å². The molecule has 0 unspecified atom stereocenters. The molecule has 0 aromatic heterocycles. The van der Waals surface area contributed by atoms with Crippen LogP contribution in [0.4, 0.5) is 4.39 Å². The van der Waals surface area contributed by atoms with Gasteiger partial charge in [0.2, 0.25) is 0 Å². The first-order valence-corrected chi connectivity index (χ1v) is 9.90. The van der Waals surface area contributed by atoms with Crippen LogP contribution >= 0.6 is 11.8 Å². The molecular formula is C20H23FN2O2S. The predicted molar refractivity (Wildman–Crippen MR) is 102 cm³/mol. The van der Waals surface area contributed by atoms with Gasteiger partial charge in [-0.15, -0.1) is 11.8 Å². The van der Waals surface area contributed by atoms with Crippen molar-refractivity contribution >= 4 is 17.7 Å². The molecule has 0 bridgehead atoms. The molecule has 1 aliphatic rings. The number of carbonyl (C=O) groups excluding carboxylic acids is 1. The van der Waals surface area contributed by atoms with Crippen LogP contribution in [0.1, 0.15) is 22.0 Å². The molecule has 0 saturated carbocycles. The van der Waals surface area contributed by atoms with Gasteiger partial charge in [-0.1, -0.05) is 24.3 Å². The fraction of sp³-hybridized carbons (Fsp3) is 0.350. The SMILES string of the molecule is CSc1ccccc1C(=O)NC[C@H](c1ccc(F)cc1)N1CCOCC1. The number of ether oxygens (including phenoxy) is 1. The summed E-state index contributed by atoms with van der Waals surface area (Å²) in [5, 5.41) is 3.06. The van der Waals surface area contributed by atoms with Crippen molar-refractivity contribution in [1.29, 1.82) is 0 Å². The number of rotatable bonds is 6. The molecule has 6 heteroatoms. The number of thioether (sulfide) groups is 1. The van der Waals surface area contributed by atoms with Gasteiger partial charge in [0.15, 0.2) is 0 Å². The topological polar surface area (TPSA) is 41.6 Å². The van der Waals surface area contributed by atoms with E-state index < -0.39 is 0 Å². The van der Waals surface area contributed by atoms with Crippen LogP contribution in [0.3, 0.4) is 0 Å². The molecule has 0 aliphatic carbocycles. The van der Waals surface area contributed by atoms with Gasteiger partial charge in [0.25, 0.3) is 5.91 Å². The Bertz CT molecular complexity index is 733. The Hall–Kier alpha value is -1.89. The molecule has 1 saturated heterocycles. The Morgan fingerprint density at radius 2 is 1.88 bits per heavy atom. The summed E-state index contributed by atoms with van der Waals surface area (Å²) in [6.45, 7) is 3.38. The van der Waals surface area contributed by atoms with Crippen LogP contribution < -0.4 is 5.32 Å². The van der Waals surface area contributed by atoms with Crippen LogP contribution in [0.15, 0.2) is 53.4 Å². The number of nitrogens with zero attached hydrogens (tertiary/aromatic N) is 1. The zero-order valence-electron chi connectivity index (χ0n) is 14.8. The van der Waals surface area contributed by atoms with Gasteiger partial charge in [-0.3, -0.25) is 9.69 Å². The number of halogens is 1. The molecule has 0 spiro atoms. The van der Waals surface area contributed by atoms with Crippen molar-refractivity contribution in [2.75, 3.05) is 39.1 Å². The van der Waals surface area contributed by atoms with Crippen LogP contribution in [-0.2, 0) is 4.74 Å². The minimum Gasteiger partial charge on any atom is -0.379 e. The number of nitrogens with one attached hydrogen (secondary N) is 1. The van der Waals surface area contributed by atoms with Crippen molar-refractivity contribution in [2.24, 2.45) is 0 Å². The molecule has 1 atom stereocenters. The third-order valence-electron chi connectivity index (χ3n) is 4.55. The van der Waals surface area contributed by atoms with E-state index in [9.17, 15) is 9.18 Å². The molecule has 1 amide bonds. The van der Waals surface area contributed by atoms with Crippen LogP contribution in [0.25, 0.3) is 0 Å². The third kappa shape index (κ3) is 4.63. The predicted octanol–water partition coefficient (Wildman–Crippen LogP) is 3.35. The summed E-state index contributed by atoms with van der Waals surface area (Å²) >= 11 is 1.55. The molecule has 1 heterocycles. The first-order valence-electron chi connectivity index (χ1n) is 8.67.